The first-order valence-corrected chi connectivity index (χ1v) is 14.3. The van der Waals surface area contributed by atoms with E-state index in [-0.39, 0.29) is 22.0 Å². The highest BCUT2D eigenvalue weighted by atomic mass is 32.1. The van der Waals surface area contributed by atoms with Crippen LogP contribution in [0.5, 0.6) is 0 Å². The summed E-state index contributed by atoms with van der Waals surface area (Å²) in [7, 11) is 0. The number of rotatable bonds is 5. The Balaban J connectivity index is 1.38. The van der Waals surface area contributed by atoms with Gasteiger partial charge in [0.2, 0.25) is 5.27 Å². The fourth-order valence-corrected chi connectivity index (χ4v) is 6.44. The minimum Gasteiger partial charge on any atom is -0.857 e. The first-order chi connectivity index (χ1) is 20.5. The van der Waals surface area contributed by atoms with Crippen molar-refractivity contribution in [3.05, 3.63) is 89.4 Å². The summed E-state index contributed by atoms with van der Waals surface area (Å²) in [6.07, 6.45) is 4.82. The smallest absolute Gasteiger partial charge is 0.324 e. The molecule has 1 aliphatic heterocycles. The molecule has 0 unspecified atom stereocenters. The lowest BCUT2D eigenvalue weighted by molar-refractivity contribution is -0.759. The van der Waals surface area contributed by atoms with Gasteiger partial charge in [0.05, 0.1) is 34.1 Å². The van der Waals surface area contributed by atoms with E-state index in [1.165, 1.54) is 12.1 Å². The number of nitrogens with two attached hydrogens (primary N) is 1. The fraction of sp³-hybridized carbons (Fsp3) is 0.161. The number of aromatic nitrogens is 3. The molecule has 8 nitrogen and oxygen atoms in total. The summed E-state index contributed by atoms with van der Waals surface area (Å²) in [6, 6.07) is 18.8. The minimum absolute atomic E-state index is 0.0386. The molecule has 4 heterocycles. The van der Waals surface area contributed by atoms with Crippen LogP contribution in [-0.4, -0.2) is 29.2 Å². The normalized spacial score (nSPS) is 14.2. The number of piperidine rings is 1. The molecular weight excluding hydrogens is 558 g/mol. The van der Waals surface area contributed by atoms with Gasteiger partial charge >= 0.3 is 5.88 Å². The second kappa shape index (κ2) is 10.5. The molecule has 3 aromatic heterocycles. The Kier molecular flexibility index (Phi) is 6.50. The van der Waals surface area contributed by atoms with Crippen LogP contribution in [0.15, 0.2) is 82.4 Å². The lowest BCUT2D eigenvalue weighted by Gasteiger charge is -2.17. The van der Waals surface area contributed by atoms with Gasteiger partial charge in [-0.3, -0.25) is 4.52 Å². The van der Waals surface area contributed by atoms with Crippen LogP contribution in [0, 0.1) is 11.6 Å². The number of aliphatic imine (C=N–C) groups is 1. The van der Waals surface area contributed by atoms with Crippen molar-refractivity contribution in [1.29, 1.82) is 0 Å². The van der Waals surface area contributed by atoms with E-state index in [2.05, 4.69) is 10.3 Å². The predicted molar refractivity (Wildman–Crippen MR) is 157 cm³/mol. The average Bonchev–Trinajstić information content (AvgIpc) is 3.61. The Morgan fingerprint density at radius 2 is 1.79 bits per heavy atom. The van der Waals surface area contributed by atoms with Crippen LogP contribution in [0.25, 0.3) is 43.4 Å². The zero-order valence-electron chi connectivity index (χ0n) is 22.3. The minimum atomic E-state index is -0.751. The molecule has 0 amide bonds. The molecule has 0 bridgehead atoms. The van der Waals surface area contributed by atoms with Gasteiger partial charge in [0.25, 0.3) is 6.20 Å². The van der Waals surface area contributed by atoms with E-state index >= 15 is 4.39 Å². The van der Waals surface area contributed by atoms with Crippen LogP contribution in [0.1, 0.15) is 24.1 Å². The summed E-state index contributed by atoms with van der Waals surface area (Å²) < 4.78 is 34.4. The van der Waals surface area contributed by atoms with Crippen LogP contribution < -0.4 is 20.6 Å². The summed E-state index contributed by atoms with van der Waals surface area (Å²) in [6.45, 7) is 1.67. The van der Waals surface area contributed by atoms with Crippen molar-refractivity contribution in [3.8, 4) is 22.4 Å². The molecule has 11 heteroatoms. The molecule has 1 aliphatic rings. The average molecular weight is 583 g/mol. The van der Waals surface area contributed by atoms with E-state index in [0.717, 1.165) is 66.1 Å². The maximum Gasteiger partial charge on any atom is 0.324 e. The third-order valence-corrected chi connectivity index (χ3v) is 8.55. The number of nitrogens with zero attached hydrogens (tertiary/aromatic N) is 5. The highest BCUT2D eigenvalue weighted by Gasteiger charge is 2.24. The Bertz CT molecular complexity index is 1990. The SMILES string of the molecule is Nc1c(/C([O-])=N\c2c[n+](N3CCCCC3)no2)sc2nc(-c3cccc4ccccc34)cc(-c3ccc(F)cc3F)c12. The number of hydrogen-bond donors (Lipinski definition) is 1. The van der Waals surface area contributed by atoms with Crippen LogP contribution in [0.2, 0.25) is 0 Å². The van der Waals surface area contributed by atoms with Crippen molar-refractivity contribution in [2.24, 2.45) is 4.99 Å². The largest absolute Gasteiger partial charge is 0.857 e. The van der Waals surface area contributed by atoms with Gasteiger partial charge in [0.15, 0.2) is 0 Å². The number of nitrogen functional groups attached to an aromatic ring is 1. The van der Waals surface area contributed by atoms with Gasteiger partial charge in [-0.25, -0.2) is 18.8 Å². The molecule has 0 radical (unpaired) electrons. The quantitative estimate of drug-likeness (QED) is 0.164. The van der Waals surface area contributed by atoms with Crippen LogP contribution >= 0.6 is 11.3 Å². The van der Waals surface area contributed by atoms with Gasteiger partial charge in [-0.1, -0.05) is 42.5 Å². The standard InChI is InChI=1S/C31H24F2N6O2S/c32-19-11-12-21(24(33)15-19)23-16-25(22-10-6-8-18-7-2-3-9-20(18)22)35-31-27(23)28(34)29(42-31)30(40)36-26-17-39(37-41-26)38-13-4-1-5-14-38/h2-3,6-12,15-17H,1,4-5,13-14H2,(H2-,34,36,37,40). The predicted octanol–water partition coefficient (Wildman–Crippen LogP) is 5.48. The Labute approximate surface area is 242 Å². The summed E-state index contributed by atoms with van der Waals surface area (Å²) >= 11 is 1.06. The van der Waals surface area contributed by atoms with Crippen molar-refractivity contribution < 1.29 is 23.2 Å². The zero-order valence-corrected chi connectivity index (χ0v) is 23.1. The maximum atomic E-state index is 15.2. The van der Waals surface area contributed by atoms with E-state index in [0.29, 0.717) is 21.5 Å². The van der Waals surface area contributed by atoms with Gasteiger partial charge < -0.3 is 10.8 Å². The van der Waals surface area contributed by atoms with E-state index < -0.39 is 17.5 Å². The van der Waals surface area contributed by atoms with Gasteiger partial charge in [0.1, 0.15) is 16.5 Å². The Morgan fingerprint density at radius 3 is 2.62 bits per heavy atom. The third kappa shape index (κ3) is 4.61. The highest BCUT2D eigenvalue weighted by Crippen LogP contribution is 2.43. The summed E-state index contributed by atoms with van der Waals surface area (Å²) in [5.74, 6) is -2.04. The van der Waals surface area contributed by atoms with Crippen molar-refractivity contribution in [1.82, 2.24) is 10.3 Å². The molecule has 0 spiro atoms. The van der Waals surface area contributed by atoms with E-state index in [1.54, 1.807) is 17.1 Å². The number of anilines is 1. The van der Waals surface area contributed by atoms with Gasteiger partial charge in [-0.05, 0) is 53.8 Å². The van der Waals surface area contributed by atoms with Gasteiger partial charge in [-0.2, -0.15) is 5.01 Å². The topological polar surface area (TPSA) is 107 Å². The number of pyridine rings is 1. The number of fused-ring (bicyclic) bond motifs is 2. The molecule has 3 aromatic carbocycles. The molecular formula is C31H24F2N6O2S. The molecule has 6 aromatic rings. The van der Waals surface area contributed by atoms with Crippen molar-refractivity contribution in [3.63, 3.8) is 0 Å². The molecule has 1 fully saturated rings. The second-order valence-electron chi connectivity index (χ2n) is 10.1. The van der Waals surface area contributed by atoms with Crippen molar-refractivity contribution in [2.45, 2.75) is 19.3 Å². The van der Waals surface area contributed by atoms with Crippen LogP contribution in [0.4, 0.5) is 20.4 Å². The molecule has 210 valence electrons. The number of halogens is 2. The van der Waals surface area contributed by atoms with Crippen molar-refractivity contribution >= 4 is 49.8 Å². The Morgan fingerprint density at radius 1 is 0.976 bits per heavy atom. The molecule has 1 saturated heterocycles. The number of benzene rings is 3. The molecule has 2 N–H and O–H groups in total. The van der Waals surface area contributed by atoms with Crippen LogP contribution in [0.3, 0.4) is 0 Å². The first-order valence-electron chi connectivity index (χ1n) is 13.5. The monoisotopic (exact) mass is 582 g/mol. The summed E-state index contributed by atoms with van der Waals surface area (Å²) in [4.78, 5) is 11.1. The first kappa shape index (κ1) is 26.0. The lowest BCUT2D eigenvalue weighted by atomic mass is 9.96. The molecule has 0 atom stereocenters. The fourth-order valence-electron chi connectivity index (χ4n) is 5.43. The zero-order chi connectivity index (χ0) is 28.8. The molecule has 42 heavy (non-hydrogen) atoms. The maximum absolute atomic E-state index is 15.2. The summed E-state index contributed by atoms with van der Waals surface area (Å²) in [5, 5.41) is 21.8. The number of thiophene rings is 1. The lowest BCUT2D eigenvalue weighted by Crippen LogP contribution is -2.60. The van der Waals surface area contributed by atoms with Crippen molar-refractivity contribution in [2.75, 3.05) is 23.8 Å². The van der Waals surface area contributed by atoms with E-state index in [1.807, 2.05) is 47.5 Å². The van der Waals surface area contributed by atoms with Crippen LogP contribution in [-0.2, 0) is 0 Å². The molecule has 7 rings (SSSR count). The van der Waals surface area contributed by atoms with Gasteiger partial charge in [-0.15, -0.1) is 11.3 Å². The van der Waals surface area contributed by atoms with E-state index in [9.17, 15) is 9.50 Å². The summed E-state index contributed by atoms with van der Waals surface area (Å²) in [5.41, 5.74) is 8.59. The van der Waals surface area contributed by atoms with Gasteiger partial charge in [0, 0.05) is 28.5 Å². The molecule has 0 aliphatic carbocycles. The molecule has 0 saturated carbocycles. The third-order valence-electron chi connectivity index (χ3n) is 7.46. The second-order valence-corrected chi connectivity index (χ2v) is 11.1. The Hall–Kier alpha value is -4.90. The highest BCUT2D eigenvalue weighted by molar-refractivity contribution is 7.21. The number of hydrogen-bond acceptors (Lipinski definition) is 8. The van der Waals surface area contributed by atoms with E-state index in [4.69, 9.17) is 15.2 Å².